The molecule has 0 aliphatic heterocycles. The Morgan fingerprint density at radius 3 is 2.63 bits per heavy atom. The SMILES string of the molecule is CON/C(=C\CCC(=O)OC)c1ccc(Cl)c(Cl)c1. The maximum Gasteiger partial charge on any atom is 0.305 e. The Morgan fingerprint density at radius 1 is 1.32 bits per heavy atom. The van der Waals surface area contributed by atoms with Gasteiger partial charge in [-0.25, -0.2) is 0 Å². The maximum atomic E-state index is 11.0. The summed E-state index contributed by atoms with van der Waals surface area (Å²) in [4.78, 5) is 15.9. The van der Waals surface area contributed by atoms with Gasteiger partial charge in [0.1, 0.15) is 0 Å². The second kappa shape index (κ2) is 8.04. The molecule has 0 saturated heterocycles. The second-order valence-electron chi connectivity index (χ2n) is 3.67. The lowest BCUT2D eigenvalue weighted by molar-refractivity contribution is -0.140. The fourth-order valence-electron chi connectivity index (χ4n) is 1.43. The van der Waals surface area contributed by atoms with Gasteiger partial charge in [-0.15, -0.1) is 0 Å². The Labute approximate surface area is 122 Å². The minimum absolute atomic E-state index is 0.262. The van der Waals surface area contributed by atoms with Gasteiger partial charge in [0.25, 0.3) is 0 Å². The molecule has 0 spiro atoms. The Kier molecular flexibility index (Phi) is 6.70. The predicted octanol–water partition coefficient (Wildman–Crippen LogP) is 3.44. The molecule has 0 aliphatic rings. The molecule has 1 rings (SSSR count). The van der Waals surface area contributed by atoms with Crippen LogP contribution in [0.5, 0.6) is 0 Å². The molecule has 0 radical (unpaired) electrons. The van der Waals surface area contributed by atoms with Crippen LogP contribution < -0.4 is 5.48 Å². The van der Waals surface area contributed by atoms with Crippen molar-refractivity contribution in [3.63, 3.8) is 0 Å². The molecule has 0 amide bonds. The van der Waals surface area contributed by atoms with Gasteiger partial charge in [-0.1, -0.05) is 35.3 Å². The highest BCUT2D eigenvalue weighted by Gasteiger charge is 2.05. The number of benzene rings is 1. The van der Waals surface area contributed by atoms with E-state index in [9.17, 15) is 4.79 Å². The fraction of sp³-hybridized carbons (Fsp3) is 0.308. The van der Waals surface area contributed by atoms with Crippen LogP contribution in [0.2, 0.25) is 10.0 Å². The molecule has 0 aromatic heterocycles. The molecule has 19 heavy (non-hydrogen) atoms. The van der Waals surface area contributed by atoms with Gasteiger partial charge in [0.15, 0.2) is 0 Å². The number of hydroxylamine groups is 1. The van der Waals surface area contributed by atoms with Crippen LogP contribution in [0.25, 0.3) is 5.70 Å². The lowest BCUT2D eigenvalue weighted by atomic mass is 10.1. The van der Waals surface area contributed by atoms with Crippen molar-refractivity contribution in [3.05, 3.63) is 39.9 Å². The van der Waals surface area contributed by atoms with Gasteiger partial charge in [-0.3, -0.25) is 15.1 Å². The van der Waals surface area contributed by atoms with Crippen molar-refractivity contribution in [1.82, 2.24) is 5.48 Å². The van der Waals surface area contributed by atoms with Gasteiger partial charge >= 0.3 is 5.97 Å². The summed E-state index contributed by atoms with van der Waals surface area (Å²) in [5, 5.41) is 0.938. The Morgan fingerprint density at radius 2 is 2.05 bits per heavy atom. The number of allylic oxidation sites excluding steroid dienone is 1. The van der Waals surface area contributed by atoms with Crippen molar-refractivity contribution in [2.75, 3.05) is 14.2 Å². The predicted molar refractivity (Wildman–Crippen MR) is 75.8 cm³/mol. The van der Waals surface area contributed by atoms with E-state index in [1.807, 2.05) is 12.1 Å². The van der Waals surface area contributed by atoms with Crippen LogP contribution in [0.4, 0.5) is 0 Å². The Hall–Kier alpha value is -1.23. The first kappa shape index (κ1) is 15.8. The average Bonchev–Trinajstić information content (AvgIpc) is 2.40. The molecule has 0 fully saturated rings. The maximum absolute atomic E-state index is 11.0. The molecular weight excluding hydrogens is 289 g/mol. The van der Waals surface area contributed by atoms with E-state index in [0.717, 1.165) is 5.56 Å². The molecule has 0 saturated carbocycles. The minimum Gasteiger partial charge on any atom is -0.469 e. The molecule has 1 aromatic carbocycles. The molecule has 0 unspecified atom stereocenters. The van der Waals surface area contributed by atoms with E-state index in [1.165, 1.54) is 14.2 Å². The number of carbonyl (C=O) groups excluding carboxylic acids is 1. The van der Waals surface area contributed by atoms with Crippen molar-refractivity contribution < 1.29 is 14.4 Å². The molecule has 0 bridgehead atoms. The van der Waals surface area contributed by atoms with Crippen LogP contribution >= 0.6 is 23.2 Å². The Balaban J connectivity index is 2.83. The number of methoxy groups -OCH3 is 1. The van der Waals surface area contributed by atoms with Crippen molar-refractivity contribution in [1.29, 1.82) is 0 Å². The van der Waals surface area contributed by atoms with E-state index in [0.29, 0.717) is 28.6 Å². The molecule has 1 N–H and O–H groups in total. The first-order valence-electron chi connectivity index (χ1n) is 5.60. The van der Waals surface area contributed by atoms with Gasteiger partial charge in [0.2, 0.25) is 0 Å². The molecule has 6 heteroatoms. The summed E-state index contributed by atoms with van der Waals surface area (Å²) < 4.78 is 4.57. The van der Waals surface area contributed by atoms with E-state index in [4.69, 9.17) is 28.0 Å². The number of hydrogen-bond donors (Lipinski definition) is 1. The van der Waals surface area contributed by atoms with Gasteiger partial charge < -0.3 is 4.74 Å². The van der Waals surface area contributed by atoms with Gasteiger partial charge in [-0.2, -0.15) is 0 Å². The zero-order chi connectivity index (χ0) is 14.3. The van der Waals surface area contributed by atoms with E-state index in [1.54, 1.807) is 12.1 Å². The zero-order valence-corrected chi connectivity index (χ0v) is 12.2. The molecule has 0 aliphatic carbocycles. The van der Waals surface area contributed by atoms with Crippen molar-refractivity contribution in [2.45, 2.75) is 12.8 Å². The quantitative estimate of drug-likeness (QED) is 0.646. The second-order valence-corrected chi connectivity index (χ2v) is 4.48. The van der Waals surface area contributed by atoms with Crippen LogP contribution in [0.3, 0.4) is 0 Å². The summed E-state index contributed by atoms with van der Waals surface area (Å²) in [5.41, 5.74) is 4.28. The monoisotopic (exact) mass is 303 g/mol. The lowest BCUT2D eigenvalue weighted by Gasteiger charge is -2.10. The molecular formula is C13H15Cl2NO3. The first-order chi connectivity index (χ1) is 9.08. The van der Waals surface area contributed by atoms with Crippen molar-refractivity contribution >= 4 is 34.9 Å². The third-order valence-corrected chi connectivity index (χ3v) is 3.11. The number of carbonyl (C=O) groups is 1. The Bertz CT molecular complexity index is 475. The fourth-order valence-corrected chi connectivity index (χ4v) is 1.73. The summed E-state index contributed by atoms with van der Waals surface area (Å²) in [7, 11) is 2.87. The highest BCUT2D eigenvalue weighted by molar-refractivity contribution is 6.42. The van der Waals surface area contributed by atoms with E-state index < -0.39 is 0 Å². The summed E-state index contributed by atoms with van der Waals surface area (Å²) in [6.45, 7) is 0. The molecule has 4 nitrogen and oxygen atoms in total. The highest BCUT2D eigenvalue weighted by atomic mass is 35.5. The number of nitrogens with one attached hydrogen (secondary N) is 1. The molecule has 0 atom stereocenters. The van der Waals surface area contributed by atoms with Crippen molar-refractivity contribution in [2.24, 2.45) is 0 Å². The van der Waals surface area contributed by atoms with Crippen LogP contribution in [0.15, 0.2) is 24.3 Å². The number of halogens is 2. The number of rotatable bonds is 6. The summed E-state index contributed by atoms with van der Waals surface area (Å²) in [6, 6.07) is 5.23. The largest absolute Gasteiger partial charge is 0.469 e. The zero-order valence-electron chi connectivity index (χ0n) is 10.7. The first-order valence-corrected chi connectivity index (χ1v) is 6.35. The van der Waals surface area contributed by atoms with Gasteiger partial charge in [0.05, 0.1) is 30.0 Å². The van der Waals surface area contributed by atoms with Crippen LogP contribution in [0, 0.1) is 0 Å². The number of hydrogen-bond acceptors (Lipinski definition) is 4. The van der Waals surface area contributed by atoms with E-state index in [-0.39, 0.29) is 5.97 Å². The normalized spacial score (nSPS) is 11.3. The van der Waals surface area contributed by atoms with Crippen LogP contribution in [-0.2, 0) is 14.4 Å². The van der Waals surface area contributed by atoms with E-state index >= 15 is 0 Å². The van der Waals surface area contributed by atoms with E-state index in [2.05, 4.69) is 10.2 Å². The third kappa shape index (κ3) is 5.11. The molecule has 0 heterocycles. The number of esters is 1. The van der Waals surface area contributed by atoms with Crippen LogP contribution in [0.1, 0.15) is 18.4 Å². The molecule has 104 valence electrons. The topological polar surface area (TPSA) is 47.6 Å². The molecule has 1 aromatic rings. The van der Waals surface area contributed by atoms with Gasteiger partial charge in [0, 0.05) is 12.0 Å². The van der Waals surface area contributed by atoms with Gasteiger partial charge in [-0.05, 0) is 18.6 Å². The summed E-state index contributed by atoms with van der Waals surface area (Å²) in [6.07, 6.45) is 2.66. The third-order valence-electron chi connectivity index (χ3n) is 2.37. The van der Waals surface area contributed by atoms with Crippen molar-refractivity contribution in [3.8, 4) is 0 Å². The lowest BCUT2D eigenvalue weighted by Crippen LogP contribution is -2.10. The van der Waals surface area contributed by atoms with Crippen LogP contribution in [-0.4, -0.2) is 20.2 Å². The average molecular weight is 304 g/mol. The number of ether oxygens (including phenoxy) is 1. The smallest absolute Gasteiger partial charge is 0.305 e. The summed E-state index contributed by atoms with van der Waals surface area (Å²) >= 11 is 11.8. The summed E-state index contributed by atoms with van der Waals surface area (Å²) in [5.74, 6) is -0.262. The highest BCUT2D eigenvalue weighted by Crippen LogP contribution is 2.25. The standard InChI is InChI=1S/C13H15Cl2NO3/c1-18-13(17)5-3-4-12(16-19-2)9-6-7-10(14)11(15)8-9/h4,6-8,16H,3,5H2,1-2H3/b12-4-. The minimum atomic E-state index is -0.262.